The standard InChI is InChI=1S/C24H22O3/c25-14-13-22-15-21(12-11-19-7-3-1-4-8-19)16-23(17-22)24(26)27-18-20-9-5-2-6-10-20/h1-15,23H,16-18H2/b12-11+,22-13-. The molecule has 2 aromatic carbocycles. The molecule has 0 aliphatic heterocycles. The molecule has 0 amide bonds. The third-order valence-electron chi connectivity index (χ3n) is 4.46. The molecule has 27 heavy (non-hydrogen) atoms. The van der Waals surface area contributed by atoms with Gasteiger partial charge in [-0.2, -0.15) is 0 Å². The van der Waals surface area contributed by atoms with Crippen LogP contribution in [0.1, 0.15) is 24.0 Å². The van der Waals surface area contributed by atoms with E-state index in [1.165, 1.54) is 6.08 Å². The third kappa shape index (κ3) is 5.65. The highest BCUT2D eigenvalue weighted by Gasteiger charge is 2.25. The summed E-state index contributed by atoms with van der Waals surface area (Å²) in [6.07, 6.45) is 9.42. The Morgan fingerprint density at radius 1 is 0.963 bits per heavy atom. The zero-order valence-corrected chi connectivity index (χ0v) is 15.1. The highest BCUT2D eigenvalue weighted by atomic mass is 16.5. The summed E-state index contributed by atoms with van der Waals surface area (Å²) in [5, 5.41) is 0. The Hall–Kier alpha value is -3.20. The fourth-order valence-electron chi connectivity index (χ4n) is 3.10. The molecule has 3 nitrogen and oxygen atoms in total. The molecule has 1 aliphatic carbocycles. The van der Waals surface area contributed by atoms with Crippen LogP contribution in [0.4, 0.5) is 0 Å². The number of esters is 1. The van der Waals surface area contributed by atoms with E-state index < -0.39 is 0 Å². The fraction of sp³-hybridized carbons (Fsp3) is 0.167. The van der Waals surface area contributed by atoms with Crippen molar-refractivity contribution in [3.05, 3.63) is 101 Å². The second kappa shape index (κ2) is 9.48. The van der Waals surface area contributed by atoms with Gasteiger partial charge in [0, 0.05) is 0 Å². The predicted molar refractivity (Wildman–Crippen MR) is 107 cm³/mol. The zero-order valence-electron chi connectivity index (χ0n) is 15.1. The minimum atomic E-state index is -0.277. The van der Waals surface area contributed by atoms with E-state index >= 15 is 0 Å². The molecule has 136 valence electrons. The summed E-state index contributed by atoms with van der Waals surface area (Å²) in [6, 6.07) is 19.6. The van der Waals surface area contributed by atoms with E-state index in [9.17, 15) is 9.59 Å². The summed E-state index contributed by atoms with van der Waals surface area (Å²) in [6.45, 7) is 0.266. The normalized spacial score (nSPS) is 18.3. The van der Waals surface area contributed by atoms with Crippen LogP contribution in [0.3, 0.4) is 0 Å². The summed E-state index contributed by atoms with van der Waals surface area (Å²) < 4.78 is 5.50. The van der Waals surface area contributed by atoms with E-state index in [1.54, 1.807) is 0 Å². The Morgan fingerprint density at radius 3 is 2.37 bits per heavy atom. The number of ether oxygens (including phenoxy) is 1. The van der Waals surface area contributed by atoms with Gasteiger partial charge in [-0.1, -0.05) is 78.9 Å². The van der Waals surface area contributed by atoms with Crippen molar-refractivity contribution in [2.45, 2.75) is 19.4 Å². The van der Waals surface area contributed by atoms with Crippen LogP contribution in [-0.4, -0.2) is 12.3 Å². The van der Waals surface area contributed by atoms with E-state index in [0.717, 1.165) is 28.6 Å². The van der Waals surface area contributed by atoms with Gasteiger partial charge in [0.1, 0.15) is 12.9 Å². The van der Waals surface area contributed by atoms with Crippen LogP contribution in [0.2, 0.25) is 0 Å². The quantitative estimate of drug-likeness (QED) is 0.419. The molecule has 1 unspecified atom stereocenters. The Labute approximate surface area is 159 Å². The van der Waals surface area contributed by atoms with Crippen molar-refractivity contribution < 1.29 is 14.3 Å². The van der Waals surface area contributed by atoms with Crippen LogP contribution in [0, 0.1) is 5.92 Å². The molecule has 0 spiro atoms. The van der Waals surface area contributed by atoms with Crippen molar-refractivity contribution in [1.82, 2.24) is 0 Å². The van der Waals surface area contributed by atoms with Gasteiger partial charge < -0.3 is 4.74 Å². The monoisotopic (exact) mass is 358 g/mol. The maximum atomic E-state index is 12.6. The van der Waals surface area contributed by atoms with E-state index in [4.69, 9.17) is 4.74 Å². The van der Waals surface area contributed by atoms with Gasteiger partial charge in [0.05, 0.1) is 5.92 Å². The van der Waals surface area contributed by atoms with E-state index in [0.29, 0.717) is 12.8 Å². The van der Waals surface area contributed by atoms with Crippen LogP contribution in [0.5, 0.6) is 0 Å². The maximum Gasteiger partial charge on any atom is 0.309 e. The van der Waals surface area contributed by atoms with E-state index in [2.05, 4.69) is 0 Å². The molecule has 0 saturated heterocycles. The van der Waals surface area contributed by atoms with Crippen LogP contribution in [0.15, 0.2) is 90.0 Å². The summed E-state index contributed by atoms with van der Waals surface area (Å²) in [7, 11) is 0. The summed E-state index contributed by atoms with van der Waals surface area (Å²) >= 11 is 0. The number of hydrogen-bond acceptors (Lipinski definition) is 3. The number of aldehydes is 1. The predicted octanol–water partition coefficient (Wildman–Crippen LogP) is 4.90. The van der Waals surface area contributed by atoms with Gasteiger partial charge in [0.15, 0.2) is 0 Å². The Bertz CT molecular complexity index is 861. The average molecular weight is 358 g/mol. The van der Waals surface area contributed by atoms with Gasteiger partial charge in [-0.25, -0.2) is 0 Å². The molecule has 0 radical (unpaired) electrons. The highest BCUT2D eigenvalue weighted by molar-refractivity contribution is 5.76. The second-order valence-electron chi connectivity index (χ2n) is 6.54. The van der Waals surface area contributed by atoms with Crippen molar-refractivity contribution in [1.29, 1.82) is 0 Å². The lowest BCUT2D eigenvalue weighted by Crippen LogP contribution is -2.21. The first kappa shape index (κ1) is 18.6. The molecule has 1 atom stereocenters. The molecule has 0 saturated carbocycles. The summed E-state index contributed by atoms with van der Waals surface area (Å²) in [5.74, 6) is -0.505. The fourth-order valence-corrected chi connectivity index (χ4v) is 3.10. The molecular weight excluding hydrogens is 336 g/mol. The molecule has 1 aliphatic rings. The lowest BCUT2D eigenvalue weighted by atomic mass is 9.85. The smallest absolute Gasteiger partial charge is 0.309 e. The number of rotatable bonds is 6. The lowest BCUT2D eigenvalue weighted by molar-refractivity contribution is -0.149. The first-order chi connectivity index (χ1) is 13.2. The molecule has 0 aromatic heterocycles. The van der Waals surface area contributed by atoms with Crippen molar-refractivity contribution in [2.75, 3.05) is 0 Å². The topological polar surface area (TPSA) is 43.4 Å². The Morgan fingerprint density at radius 2 is 1.67 bits per heavy atom. The third-order valence-corrected chi connectivity index (χ3v) is 4.46. The van der Waals surface area contributed by atoms with Crippen molar-refractivity contribution in [2.24, 2.45) is 5.92 Å². The van der Waals surface area contributed by atoms with Crippen molar-refractivity contribution in [3.63, 3.8) is 0 Å². The molecule has 0 fully saturated rings. The molecular formula is C24H22O3. The van der Waals surface area contributed by atoms with Gasteiger partial charge in [-0.3, -0.25) is 9.59 Å². The van der Waals surface area contributed by atoms with Gasteiger partial charge in [0.25, 0.3) is 0 Å². The van der Waals surface area contributed by atoms with Gasteiger partial charge in [-0.05, 0) is 41.2 Å². The van der Waals surface area contributed by atoms with Crippen LogP contribution >= 0.6 is 0 Å². The Kier molecular flexibility index (Phi) is 6.53. The number of carbonyl (C=O) groups is 2. The first-order valence-corrected chi connectivity index (χ1v) is 9.03. The van der Waals surface area contributed by atoms with Crippen molar-refractivity contribution >= 4 is 18.3 Å². The van der Waals surface area contributed by atoms with Gasteiger partial charge >= 0.3 is 5.97 Å². The number of allylic oxidation sites excluding steroid dienone is 5. The van der Waals surface area contributed by atoms with Crippen LogP contribution in [0.25, 0.3) is 6.08 Å². The second-order valence-corrected chi connectivity index (χ2v) is 6.54. The molecule has 0 heterocycles. The number of carbonyl (C=O) groups excluding carboxylic acids is 2. The largest absolute Gasteiger partial charge is 0.461 e. The SMILES string of the molecule is O=C/C=C1C=C(/C=C/c2ccccc2)CC(C(=O)OCc2ccccc2)C/1. The average Bonchev–Trinajstić information content (AvgIpc) is 2.72. The summed E-state index contributed by atoms with van der Waals surface area (Å²) in [4.78, 5) is 23.5. The maximum absolute atomic E-state index is 12.6. The summed E-state index contributed by atoms with van der Waals surface area (Å²) in [5.41, 5.74) is 3.92. The first-order valence-electron chi connectivity index (χ1n) is 9.03. The van der Waals surface area contributed by atoms with Gasteiger partial charge in [0.2, 0.25) is 0 Å². The Balaban J connectivity index is 1.68. The molecule has 3 heteroatoms. The number of hydrogen-bond donors (Lipinski definition) is 0. The van der Waals surface area contributed by atoms with Crippen LogP contribution < -0.4 is 0 Å². The number of benzene rings is 2. The minimum Gasteiger partial charge on any atom is -0.461 e. The van der Waals surface area contributed by atoms with Crippen LogP contribution in [-0.2, 0) is 20.9 Å². The lowest BCUT2D eigenvalue weighted by Gasteiger charge is -2.22. The minimum absolute atomic E-state index is 0.227. The molecule has 2 aromatic rings. The molecule has 0 bridgehead atoms. The molecule has 0 N–H and O–H groups in total. The highest BCUT2D eigenvalue weighted by Crippen LogP contribution is 2.30. The van der Waals surface area contributed by atoms with Crippen molar-refractivity contribution in [3.8, 4) is 0 Å². The molecule has 3 rings (SSSR count). The zero-order chi connectivity index (χ0) is 18.9. The van der Waals surface area contributed by atoms with E-state index in [-0.39, 0.29) is 18.5 Å². The van der Waals surface area contributed by atoms with E-state index in [1.807, 2.05) is 78.9 Å². The van der Waals surface area contributed by atoms with Gasteiger partial charge in [-0.15, -0.1) is 0 Å².